The second-order valence-corrected chi connectivity index (χ2v) is 6.20. The van der Waals surface area contributed by atoms with Gasteiger partial charge in [0, 0.05) is 13.1 Å². The first kappa shape index (κ1) is 13.8. The zero-order valence-corrected chi connectivity index (χ0v) is 12.5. The Balaban J connectivity index is 2.11. The monoisotopic (exact) mass is 280 g/mol. The fraction of sp³-hybridized carbons (Fsp3) is 0.278. The highest BCUT2D eigenvalue weighted by Gasteiger charge is 2.30. The summed E-state index contributed by atoms with van der Waals surface area (Å²) in [4.78, 5) is 14.4. The molecule has 0 aliphatic carbocycles. The van der Waals surface area contributed by atoms with Gasteiger partial charge in [0.05, 0.1) is 5.54 Å². The van der Waals surface area contributed by atoms with Crippen molar-refractivity contribution in [2.45, 2.75) is 32.5 Å². The molecule has 3 heteroatoms. The maximum Gasteiger partial charge on any atom is 0.242 e. The van der Waals surface area contributed by atoms with E-state index in [1.54, 1.807) is 13.8 Å². The van der Waals surface area contributed by atoms with Crippen molar-refractivity contribution < 1.29 is 4.79 Å². The van der Waals surface area contributed by atoms with Crippen LogP contribution in [0.4, 0.5) is 0 Å². The second-order valence-electron chi connectivity index (χ2n) is 6.20. The van der Waals surface area contributed by atoms with Gasteiger partial charge in [-0.1, -0.05) is 48.5 Å². The van der Waals surface area contributed by atoms with Crippen molar-refractivity contribution in [3.05, 3.63) is 59.7 Å². The topological polar surface area (TPSA) is 46.3 Å². The molecule has 0 bridgehead atoms. The van der Waals surface area contributed by atoms with E-state index < -0.39 is 5.54 Å². The summed E-state index contributed by atoms with van der Waals surface area (Å²) in [6.45, 7) is 4.73. The number of rotatable bonds is 1. The molecule has 0 radical (unpaired) electrons. The van der Waals surface area contributed by atoms with E-state index in [4.69, 9.17) is 5.73 Å². The highest BCUT2D eigenvalue weighted by atomic mass is 16.2. The van der Waals surface area contributed by atoms with E-state index >= 15 is 0 Å². The minimum absolute atomic E-state index is 0.0194. The van der Waals surface area contributed by atoms with Crippen LogP contribution in [0, 0.1) is 0 Å². The molecule has 0 saturated carbocycles. The van der Waals surface area contributed by atoms with Gasteiger partial charge in [-0.05, 0) is 36.1 Å². The van der Waals surface area contributed by atoms with E-state index in [-0.39, 0.29) is 5.91 Å². The Hall–Kier alpha value is -2.13. The first-order chi connectivity index (χ1) is 9.97. The number of carbonyl (C=O) groups excluding carboxylic acids is 1. The lowest BCUT2D eigenvalue weighted by molar-refractivity contribution is -0.137. The van der Waals surface area contributed by atoms with Crippen molar-refractivity contribution in [1.29, 1.82) is 0 Å². The highest BCUT2D eigenvalue weighted by Crippen LogP contribution is 2.32. The van der Waals surface area contributed by atoms with Gasteiger partial charge >= 0.3 is 0 Å². The standard InChI is InChI=1S/C18H20N2O/c1-18(2,19)17(21)20-11-13-7-3-5-9-15(13)16-10-6-4-8-14(16)12-20/h3-10H,11-12,19H2,1-2H3. The maximum atomic E-state index is 12.6. The third-order valence-corrected chi connectivity index (χ3v) is 3.89. The van der Waals surface area contributed by atoms with Crippen molar-refractivity contribution >= 4 is 5.91 Å². The molecule has 0 saturated heterocycles. The average Bonchev–Trinajstić information content (AvgIpc) is 2.62. The Bertz CT molecular complexity index is 638. The third-order valence-electron chi connectivity index (χ3n) is 3.89. The maximum absolute atomic E-state index is 12.6. The molecular weight excluding hydrogens is 260 g/mol. The summed E-state index contributed by atoms with van der Waals surface area (Å²) in [5.74, 6) is -0.0194. The van der Waals surface area contributed by atoms with Crippen LogP contribution in [0.1, 0.15) is 25.0 Å². The quantitative estimate of drug-likeness (QED) is 0.873. The zero-order valence-electron chi connectivity index (χ0n) is 12.5. The number of hydrogen-bond acceptors (Lipinski definition) is 2. The Morgan fingerprint density at radius 2 is 1.38 bits per heavy atom. The number of hydrogen-bond donors (Lipinski definition) is 1. The molecule has 0 atom stereocenters. The Labute approximate surface area is 125 Å². The molecule has 0 spiro atoms. The number of benzene rings is 2. The largest absolute Gasteiger partial charge is 0.332 e. The van der Waals surface area contributed by atoms with Crippen LogP contribution in [0.2, 0.25) is 0 Å². The van der Waals surface area contributed by atoms with Crippen LogP contribution in [0.5, 0.6) is 0 Å². The van der Waals surface area contributed by atoms with Gasteiger partial charge in [-0.3, -0.25) is 4.79 Å². The summed E-state index contributed by atoms with van der Waals surface area (Å²) in [5.41, 5.74) is 9.90. The van der Waals surface area contributed by atoms with Crippen LogP contribution in [0.15, 0.2) is 48.5 Å². The predicted octanol–water partition coefficient (Wildman–Crippen LogP) is 2.93. The van der Waals surface area contributed by atoms with Crippen LogP contribution in [0.25, 0.3) is 11.1 Å². The highest BCUT2D eigenvalue weighted by molar-refractivity contribution is 5.86. The van der Waals surface area contributed by atoms with E-state index in [0.29, 0.717) is 13.1 Å². The van der Waals surface area contributed by atoms with E-state index in [1.807, 2.05) is 29.2 Å². The fourth-order valence-corrected chi connectivity index (χ4v) is 2.86. The molecule has 2 aromatic rings. The summed E-state index contributed by atoms with van der Waals surface area (Å²) >= 11 is 0. The summed E-state index contributed by atoms with van der Waals surface area (Å²) in [7, 11) is 0. The average molecular weight is 280 g/mol. The normalized spacial score (nSPS) is 14.1. The number of nitrogens with two attached hydrogens (primary N) is 1. The van der Waals surface area contributed by atoms with E-state index in [2.05, 4.69) is 24.3 Å². The molecule has 1 amide bonds. The number of fused-ring (bicyclic) bond motifs is 3. The third kappa shape index (κ3) is 2.57. The van der Waals surface area contributed by atoms with E-state index in [9.17, 15) is 4.79 Å². The number of nitrogens with zero attached hydrogens (tertiary/aromatic N) is 1. The molecule has 108 valence electrons. The Kier molecular flexibility index (Phi) is 3.30. The lowest BCUT2D eigenvalue weighted by Crippen LogP contribution is -2.50. The Morgan fingerprint density at radius 3 is 1.81 bits per heavy atom. The summed E-state index contributed by atoms with van der Waals surface area (Å²) in [6, 6.07) is 16.5. The van der Waals surface area contributed by atoms with Gasteiger partial charge in [-0.25, -0.2) is 0 Å². The van der Waals surface area contributed by atoms with Crippen molar-refractivity contribution in [1.82, 2.24) is 4.90 Å². The van der Waals surface area contributed by atoms with Crippen LogP contribution in [-0.2, 0) is 17.9 Å². The van der Waals surface area contributed by atoms with Gasteiger partial charge < -0.3 is 10.6 Å². The van der Waals surface area contributed by atoms with Gasteiger partial charge in [-0.15, -0.1) is 0 Å². The number of carbonyl (C=O) groups is 1. The predicted molar refractivity (Wildman–Crippen MR) is 84.4 cm³/mol. The van der Waals surface area contributed by atoms with Crippen LogP contribution in [0.3, 0.4) is 0 Å². The van der Waals surface area contributed by atoms with Gasteiger partial charge in [0.15, 0.2) is 0 Å². The van der Waals surface area contributed by atoms with Crippen LogP contribution < -0.4 is 5.73 Å². The van der Waals surface area contributed by atoms with Gasteiger partial charge in [-0.2, -0.15) is 0 Å². The molecule has 3 nitrogen and oxygen atoms in total. The molecular formula is C18H20N2O. The summed E-state index contributed by atoms with van der Waals surface area (Å²) in [6.07, 6.45) is 0. The lowest BCUT2D eigenvalue weighted by Gasteiger charge is -2.28. The van der Waals surface area contributed by atoms with Crippen LogP contribution in [-0.4, -0.2) is 16.3 Å². The smallest absolute Gasteiger partial charge is 0.242 e. The molecule has 0 fully saturated rings. The van der Waals surface area contributed by atoms with Crippen molar-refractivity contribution in [3.63, 3.8) is 0 Å². The molecule has 0 unspecified atom stereocenters. The van der Waals surface area contributed by atoms with E-state index in [0.717, 1.165) is 0 Å². The van der Waals surface area contributed by atoms with Gasteiger partial charge in [0.1, 0.15) is 0 Å². The molecule has 1 aliphatic heterocycles. The lowest BCUT2D eigenvalue weighted by atomic mass is 9.97. The molecule has 0 aromatic heterocycles. The second kappa shape index (κ2) is 5.01. The van der Waals surface area contributed by atoms with Crippen molar-refractivity contribution in [2.75, 3.05) is 0 Å². The minimum Gasteiger partial charge on any atom is -0.332 e. The number of amides is 1. The molecule has 1 heterocycles. The summed E-state index contributed by atoms with van der Waals surface area (Å²) in [5, 5.41) is 0. The van der Waals surface area contributed by atoms with Gasteiger partial charge in [0.2, 0.25) is 5.91 Å². The first-order valence-corrected chi connectivity index (χ1v) is 7.21. The SMILES string of the molecule is CC(C)(N)C(=O)N1Cc2ccccc2-c2ccccc2C1. The van der Waals surface area contributed by atoms with Crippen LogP contribution >= 0.6 is 0 Å². The molecule has 21 heavy (non-hydrogen) atoms. The minimum atomic E-state index is -0.853. The Morgan fingerprint density at radius 1 is 0.952 bits per heavy atom. The van der Waals surface area contributed by atoms with Crippen molar-refractivity contribution in [3.8, 4) is 11.1 Å². The molecule has 2 aromatic carbocycles. The van der Waals surface area contributed by atoms with Crippen molar-refractivity contribution in [2.24, 2.45) is 5.73 Å². The zero-order chi connectivity index (χ0) is 15.0. The van der Waals surface area contributed by atoms with Gasteiger partial charge in [0.25, 0.3) is 0 Å². The molecule has 1 aliphatic rings. The fourth-order valence-electron chi connectivity index (χ4n) is 2.86. The first-order valence-electron chi connectivity index (χ1n) is 7.21. The molecule has 3 rings (SSSR count). The molecule has 2 N–H and O–H groups in total. The van der Waals surface area contributed by atoms with E-state index in [1.165, 1.54) is 22.3 Å². The summed E-state index contributed by atoms with van der Waals surface area (Å²) < 4.78 is 0.